The van der Waals surface area contributed by atoms with Crippen molar-refractivity contribution >= 4 is 60.3 Å². The zero-order valence-corrected chi connectivity index (χ0v) is 31.8. The van der Waals surface area contributed by atoms with E-state index in [9.17, 15) is 0 Å². The Labute approximate surface area is 310 Å². The van der Waals surface area contributed by atoms with Crippen LogP contribution < -0.4 is 4.90 Å². The zero-order chi connectivity index (χ0) is 34.1. The van der Waals surface area contributed by atoms with Gasteiger partial charge in [-0.2, -0.15) is 0 Å². The molecule has 4 saturated carbocycles. The Balaban J connectivity index is 1.12. The molecule has 5 aromatic carbocycles. The smallest absolute Gasteiger partial charge is 0.0502 e. The molecule has 2 heterocycles. The molecule has 6 atom stereocenters. The second kappa shape index (κ2) is 9.71. The third kappa shape index (κ3) is 3.57. The Bertz CT molecular complexity index is 2480. The summed E-state index contributed by atoms with van der Waals surface area (Å²) < 4.78 is 2.73. The standard InChI is InChI=1S/C48H45NS2/c1-45(2)20-21-46(3,4)44-35(45)12-9-13-37(44)49(30-16-18-39-33(25-30)32-10-5-7-14-38(32)50-39)31-17-19-41-36(26-31)48(34-11-6-8-15-40(34)51-41)42-23-28-22-29-24-43(48)47(29,42)27-28/h5-19,25-26,28-29,42-43H,20-24,27H2,1-4H3. The molecule has 5 aliphatic carbocycles. The van der Waals surface area contributed by atoms with E-state index < -0.39 is 0 Å². The Kier molecular flexibility index (Phi) is 5.71. The summed E-state index contributed by atoms with van der Waals surface area (Å²) >= 11 is 3.94. The highest BCUT2D eigenvalue weighted by Gasteiger charge is 2.84. The van der Waals surface area contributed by atoms with E-state index in [0.29, 0.717) is 5.41 Å². The fourth-order valence-corrected chi connectivity index (χ4v) is 15.7. The maximum Gasteiger partial charge on any atom is 0.0502 e. The average molecular weight is 700 g/mol. The largest absolute Gasteiger partial charge is 0.310 e. The molecule has 1 nitrogen and oxygen atoms in total. The first kappa shape index (κ1) is 30.0. The first-order valence-corrected chi connectivity index (χ1v) is 21.1. The summed E-state index contributed by atoms with van der Waals surface area (Å²) in [5, 5.41) is 2.73. The lowest BCUT2D eigenvalue weighted by atomic mass is 9.26. The fraction of sp³-hybridized carbons (Fsp3) is 0.375. The van der Waals surface area contributed by atoms with Gasteiger partial charge in [0, 0.05) is 46.8 Å². The molecule has 1 aromatic heterocycles. The maximum atomic E-state index is 2.70. The third-order valence-corrected chi connectivity index (χ3v) is 17.7. The van der Waals surface area contributed by atoms with Crippen LogP contribution in [0.1, 0.15) is 88.5 Å². The van der Waals surface area contributed by atoms with Gasteiger partial charge in [-0.15, -0.1) is 11.3 Å². The molecule has 12 rings (SSSR count). The molecule has 51 heavy (non-hydrogen) atoms. The minimum Gasteiger partial charge on any atom is -0.310 e. The summed E-state index contributed by atoms with van der Waals surface area (Å²) in [6, 6.07) is 40.7. The molecule has 6 unspecified atom stereocenters. The highest BCUT2D eigenvalue weighted by atomic mass is 32.2. The number of benzene rings is 5. The lowest BCUT2D eigenvalue weighted by molar-refractivity contribution is -0.235. The van der Waals surface area contributed by atoms with Crippen molar-refractivity contribution in [3.05, 3.63) is 125 Å². The predicted octanol–water partition coefficient (Wildman–Crippen LogP) is 13.7. The number of rotatable bonds is 3. The molecule has 6 aliphatic rings. The number of hydrogen-bond donors (Lipinski definition) is 0. The monoisotopic (exact) mass is 699 g/mol. The first-order valence-electron chi connectivity index (χ1n) is 19.5. The van der Waals surface area contributed by atoms with Crippen LogP contribution in [0.2, 0.25) is 0 Å². The van der Waals surface area contributed by atoms with Crippen molar-refractivity contribution in [3.63, 3.8) is 0 Å². The van der Waals surface area contributed by atoms with Crippen molar-refractivity contribution < 1.29 is 0 Å². The summed E-state index contributed by atoms with van der Waals surface area (Å²) in [5.41, 5.74) is 11.3. The minimum absolute atomic E-state index is 0.0769. The van der Waals surface area contributed by atoms with Gasteiger partial charge in [0.25, 0.3) is 0 Å². The van der Waals surface area contributed by atoms with Gasteiger partial charge in [-0.1, -0.05) is 88.0 Å². The molecule has 3 heteroatoms. The molecule has 2 spiro atoms. The van der Waals surface area contributed by atoms with Crippen LogP contribution in [0.3, 0.4) is 0 Å². The topological polar surface area (TPSA) is 3.24 Å². The van der Waals surface area contributed by atoms with Crippen LogP contribution in [0.5, 0.6) is 0 Å². The minimum atomic E-state index is 0.0769. The van der Waals surface area contributed by atoms with Crippen LogP contribution in [0.4, 0.5) is 17.1 Å². The highest BCUT2D eigenvalue weighted by Crippen LogP contribution is 2.89. The highest BCUT2D eigenvalue weighted by molar-refractivity contribution is 7.99. The van der Waals surface area contributed by atoms with Gasteiger partial charge in [-0.3, -0.25) is 0 Å². The number of anilines is 3. The second-order valence-electron chi connectivity index (χ2n) is 18.4. The van der Waals surface area contributed by atoms with Crippen molar-refractivity contribution in [2.75, 3.05) is 4.90 Å². The first-order chi connectivity index (χ1) is 24.7. The van der Waals surface area contributed by atoms with Gasteiger partial charge < -0.3 is 4.90 Å². The Hall–Kier alpha value is -3.53. The summed E-state index contributed by atoms with van der Waals surface area (Å²) in [7, 11) is 0. The van der Waals surface area contributed by atoms with E-state index in [1.54, 1.807) is 11.1 Å². The molecule has 254 valence electrons. The molecule has 6 aromatic rings. The van der Waals surface area contributed by atoms with Crippen LogP contribution in [0.15, 0.2) is 113 Å². The number of fused-ring (bicyclic) bond motifs is 11. The molecule has 1 aliphatic heterocycles. The number of hydrogen-bond acceptors (Lipinski definition) is 3. The van der Waals surface area contributed by atoms with Crippen LogP contribution in [-0.4, -0.2) is 0 Å². The van der Waals surface area contributed by atoms with E-state index in [-0.39, 0.29) is 16.2 Å². The van der Waals surface area contributed by atoms with E-state index in [1.165, 1.54) is 96.7 Å². The molecule has 4 fully saturated rings. The Morgan fingerprint density at radius 3 is 2.24 bits per heavy atom. The van der Waals surface area contributed by atoms with Gasteiger partial charge in [-0.05, 0) is 155 Å². The van der Waals surface area contributed by atoms with Crippen LogP contribution >= 0.6 is 23.1 Å². The van der Waals surface area contributed by atoms with Crippen LogP contribution in [0, 0.1) is 29.1 Å². The van der Waals surface area contributed by atoms with E-state index in [4.69, 9.17) is 0 Å². The average Bonchev–Trinajstić information content (AvgIpc) is 3.79. The fourth-order valence-electron chi connectivity index (χ4n) is 13.4. The SMILES string of the molecule is CC1(C)CCC(C)(C)c2c(N(c3ccc4c(c3)C3(c5ccccc5S4)C4CC5CC6CC3C64C5)c3ccc4sc5ccccc5c4c3)cccc21. The van der Waals surface area contributed by atoms with Crippen molar-refractivity contribution in [2.24, 2.45) is 29.1 Å². The summed E-state index contributed by atoms with van der Waals surface area (Å²) in [6.07, 6.45) is 8.27. The van der Waals surface area contributed by atoms with Crippen molar-refractivity contribution in [1.82, 2.24) is 0 Å². The van der Waals surface area contributed by atoms with Gasteiger partial charge in [-0.25, -0.2) is 0 Å². The van der Waals surface area contributed by atoms with Crippen molar-refractivity contribution in [2.45, 2.75) is 92.3 Å². The lowest BCUT2D eigenvalue weighted by Crippen LogP contribution is -2.74. The molecule has 0 amide bonds. The van der Waals surface area contributed by atoms with Crippen LogP contribution in [-0.2, 0) is 16.2 Å². The van der Waals surface area contributed by atoms with Crippen LogP contribution in [0.25, 0.3) is 20.2 Å². The molecular weight excluding hydrogens is 655 g/mol. The summed E-state index contributed by atoms with van der Waals surface area (Å²) in [6.45, 7) is 9.90. The summed E-state index contributed by atoms with van der Waals surface area (Å²) in [5.74, 6) is 3.50. The van der Waals surface area contributed by atoms with Crippen molar-refractivity contribution in [3.8, 4) is 0 Å². The second-order valence-corrected chi connectivity index (χ2v) is 20.6. The normalized spacial score (nSPS) is 31.1. The number of thiophene rings is 1. The zero-order valence-electron chi connectivity index (χ0n) is 30.1. The maximum absolute atomic E-state index is 2.70. The lowest BCUT2D eigenvalue weighted by Gasteiger charge is -2.78. The quantitative estimate of drug-likeness (QED) is 0.181. The molecule has 2 bridgehead atoms. The molecule has 0 radical (unpaired) electrons. The number of nitrogens with zero attached hydrogens (tertiary/aromatic N) is 1. The van der Waals surface area contributed by atoms with Gasteiger partial charge in [0.15, 0.2) is 0 Å². The van der Waals surface area contributed by atoms with E-state index in [0.717, 1.165) is 23.7 Å². The molecular formula is C48H45NS2. The summed E-state index contributed by atoms with van der Waals surface area (Å²) in [4.78, 5) is 5.67. The van der Waals surface area contributed by atoms with Gasteiger partial charge >= 0.3 is 0 Å². The van der Waals surface area contributed by atoms with E-state index in [2.05, 4.69) is 136 Å². The molecule has 0 saturated heterocycles. The Morgan fingerprint density at radius 2 is 1.33 bits per heavy atom. The van der Waals surface area contributed by atoms with Crippen molar-refractivity contribution in [1.29, 1.82) is 0 Å². The van der Waals surface area contributed by atoms with E-state index in [1.807, 2.05) is 23.1 Å². The van der Waals surface area contributed by atoms with Gasteiger partial charge in [0.1, 0.15) is 0 Å². The third-order valence-electron chi connectivity index (χ3n) is 15.4. The predicted molar refractivity (Wildman–Crippen MR) is 216 cm³/mol. The Morgan fingerprint density at radius 1 is 0.608 bits per heavy atom. The van der Waals surface area contributed by atoms with Gasteiger partial charge in [0.05, 0.1) is 5.69 Å². The van der Waals surface area contributed by atoms with Gasteiger partial charge in [0.2, 0.25) is 0 Å². The molecule has 0 N–H and O–H groups in total. The van der Waals surface area contributed by atoms with E-state index >= 15 is 0 Å².